The van der Waals surface area contributed by atoms with Gasteiger partial charge in [0.15, 0.2) is 0 Å². The van der Waals surface area contributed by atoms with Gasteiger partial charge in [-0.15, -0.1) is 0 Å². The summed E-state index contributed by atoms with van der Waals surface area (Å²) in [5.41, 5.74) is 17.6. The first kappa shape index (κ1) is 45.5. The molecule has 3 heterocycles. The molecule has 1 aliphatic rings. The van der Waals surface area contributed by atoms with E-state index in [1.165, 1.54) is 55.8 Å². The van der Waals surface area contributed by atoms with E-state index in [4.69, 9.17) is 9.72 Å². The van der Waals surface area contributed by atoms with Gasteiger partial charge >= 0.3 is 0 Å². The Morgan fingerprint density at radius 2 is 1.08 bits per heavy atom. The Morgan fingerprint density at radius 3 is 1.85 bits per heavy atom. The van der Waals surface area contributed by atoms with Crippen molar-refractivity contribution in [1.29, 1.82) is 0 Å². The molecule has 0 bridgehead atoms. The molecule has 0 aliphatic carbocycles. The molecule has 0 N–H and O–H groups in total. The number of hydrogen-bond donors (Lipinski definition) is 0. The number of benzene rings is 8. The predicted octanol–water partition coefficient (Wildman–Crippen LogP) is 17.8. The SMILES string of the molecule is Cc1cc(-n2c3ccccc3c3ccc(Oc4cccc(N5CN(c6cc(-c7ccccc7)cc(C(C)(C)C)c6)c6ccc(C(C)(C)C)cc65)c4)cc32)ncc1-c1cccc(C(C)(C)c2ccccc2)c1. The smallest absolute Gasteiger partial charge is 0.137 e. The molecule has 5 nitrogen and oxygen atoms in total. The van der Waals surface area contributed by atoms with E-state index < -0.39 is 0 Å². The van der Waals surface area contributed by atoms with Crippen LogP contribution in [-0.4, -0.2) is 16.2 Å². The number of aryl methyl sites for hydroxylation is 1. The van der Waals surface area contributed by atoms with Crippen LogP contribution >= 0.6 is 0 Å². The highest BCUT2D eigenvalue weighted by Crippen LogP contribution is 2.48. The van der Waals surface area contributed by atoms with Crippen molar-refractivity contribution in [2.24, 2.45) is 0 Å². The largest absolute Gasteiger partial charge is 0.457 e. The minimum atomic E-state index is -0.146. The molecule has 0 radical (unpaired) electrons. The van der Waals surface area contributed by atoms with Gasteiger partial charge in [0.2, 0.25) is 0 Å². The number of ether oxygens (including phenoxy) is 1. The van der Waals surface area contributed by atoms with E-state index in [0.717, 1.165) is 56.1 Å². The molecular formula is C66H62N4O. The van der Waals surface area contributed by atoms with E-state index in [2.05, 4.69) is 271 Å². The summed E-state index contributed by atoms with van der Waals surface area (Å²) in [6.07, 6.45) is 2.04. The highest BCUT2D eigenvalue weighted by molar-refractivity contribution is 6.09. The summed E-state index contributed by atoms with van der Waals surface area (Å²) in [5.74, 6) is 2.40. The molecule has 0 atom stereocenters. The average Bonchev–Trinajstić information content (AvgIpc) is 3.92. The van der Waals surface area contributed by atoms with Crippen LogP contribution in [0, 0.1) is 6.92 Å². The number of fused-ring (bicyclic) bond motifs is 4. The van der Waals surface area contributed by atoms with Crippen LogP contribution in [0.5, 0.6) is 11.5 Å². The second-order valence-corrected chi connectivity index (χ2v) is 21.9. The van der Waals surface area contributed by atoms with Gasteiger partial charge < -0.3 is 14.5 Å². The molecule has 11 rings (SSSR count). The molecule has 2 aromatic heterocycles. The van der Waals surface area contributed by atoms with E-state index in [1.807, 2.05) is 6.20 Å². The minimum Gasteiger partial charge on any atom is -0.457 e. The Kier molecular flexibility index (Phi) is 11.2. The molecule has 0 saturated carbocycles. The molecule has 0 saturated heterocycles. The topological polar surface area (TPSA) is 33.5 Å². The van der Waals surface area contributed by atoms with Crippen molar-refractivity contribution in [3.63, 3.8) is 0 Å². The molecular weight excluding hydrogens is 865 g/mol. The second-order valence-electron chi connectivity index (χ2n) is 21.9. The fraction of sp³-hybridized carbons (Fsp3) is 0.197. The van der Waals surface area contributed by atoms with Gasteiger partial charge in [-0.3, -0.25) is 4.57 Å². The summed E-state index contributed by atoms with van der Waals surface area (Å²) in [4.78, 5) is 10.1. The van der Waals surface area contributed by atoms with Crippen LogP contribution in [0.4, 0.5) is 22.7 Å². The van der Waals surface area contributed by atoms with Gasteiger partial charge in [0.1, 0.15) is 24.0 Å². The summed E-state index contributed by atoms with van der Waals surface area (Å²) >= 11 is 0. The third-order valence-corrected chi connectivity index (χ3v) is 14.6. The van der Waals surface area contributed by atoms with Crippen molar-refractivity contribution in [1.82, 2.24) is 9.55 Å². The first-order valence-electron chi connectivity index (χ1n) is 25.0. The van der Waals surface area contributed by atoms with Gasteiger partial charge in [-0.05, 0) is 123 Å². The van der Waals surface area contributed by atoms with Crippen LogP contribution in [-0.2, 0) is 16.2 Å². The van der Waals surface area contributed by atoms with Crippen LogP contribution in [0.3, 0.4) is 0 Å². The molecule has 0 fully saturated rings. The summed E-state index contributed by atoms with van der Waals surface area (Å²) in [6, 6.07) is 70.3. The van der Waals surface area contributed by atoms with Gasteiger partial charge in [0.25, 0.3) is 0 Å². The van der Waals surface area contributed by atoms with E-state index in [9.17, 15) is 0 Å². The molecule has 71 heavy (non-hydrogen) atoms. The lowest BCUT2D eigenvalue weighted by Gasteiger charge is -2.26. The van der Waals surface area contributed by atoms with Crippen LogP contribution in [0.2, 0.25) is 0 Å². The Labute approximate surface area is 419 Å². The van der Waals surface area contributed by atoms with Gasteiger partial charge in [-0.25, -0.2) is 4.98 Å². The third-order valence-electron chi connectivity index (χ3n) is 14.6. The van der Waals surface area contributed by atoms with Gasteiger partial charge in [-0.2, -0.15) is 0 Å². The lowest BCUT2D eigenvalue weighted by Crippen LogP contribution is -2.24. The Hall–Kier alpha value is -7.89. The molecule has 10 aromatic rings. The lowest BCUT2D eigenvalue weighted by atomic mass is 9.77. The minimum absolute atomic E-state index is 0.0187. The zero-order chi connectivity index (χ0) is 49.2. The second kappa shape index (κ2) is 17.5. The van der Waals surface area contributed by atoms with E-state index >= 15 is 0 Å². The fourth-order valence-corrected chi connectivity index (χ4v) is 10.3. The number of hydrogen-bond acceptors (Lipinski definition) is 4. The van der Waals surface area contributed by atoms with Gasteiger partial charge in [-0.1, -0.05) is 177 Å². The van der Waals surface area contributed by atoms with E-state index in [-0.39, 0.29) is 16.2 Å². The molecule has 0 unspecified atom stereocenters. The number of nitrogens with zero attached hydrogens (tertiary/aromatic N) is 4. The highest BCUT2D eigenvalue weighted by atomic mass is 16.5. The predicted molar refractivity (Wildman–Crippen MR) is 299 cm³/mol. The number of para-hydroxylation sites is 1. The zero-order valence-corrected chi connectivity index (χ0v) is 42.5. The summed E-state index contributed by atoms with van der Waals surface area (Å²) in [6.45, 7) is 21.2. The number of anilines is 4. The molecule has 8 aromatic carbocycles. The summed E-state index contributed by atoms with van der Waals surface area (Å²) in [5, 5.41) is 2.32. The Bertz CT molecular complexity index is 3610. The lowest BCUT2D eigenvalue weighted by molar-refractivity contribution is 0.483. The number of pyridine rings is 1. The van der Waals surface area contributed by atoms with E-state index in [0.29, 0.717) is 6.67 Å². The van der Waals surface area contributed by atoms with Gasteiger partial charge in [0, 0.05) is 51.5 Å². The average molecular weight is 927 g/mol. The van der Waals surface area contributed by atoms with Crippen molar-refractivity contribution in [3.05, 3.63) is 228 Å². The maximum Gasteiger partial charge on any atom is 0.137 e. The monoisotopic (exact) mass is 926 g/mol. The third kappa shape index (κ3) is 8.54. The fourth-order valence-electron chi connectivity index (χ4n) is 10.3. The van der Waals surface area contributed by atoms with Crippen molar-refractivity contribution in [2.45, 2.75) is 78.6 Å². The summed E-state index contributed by atoms with van der Waals surface area (Å²) < 4.78 is 9.14. The van der Waals surface area contributed by atoms with Crippen molar-refractivity contribution >= 4 is 44.6 Å². The normalized spacial score (nSPS) is 13.0. The first-order chi connectivity index (χ1) is 34.1. The molecule has 0 amide bonds. The maximum atomic E-state index is 6.87. The Balaban J connectivity index is 0.938. The van der Waals surface area contributed by atoms with Crippen molar-refractivity contribution in [3.8, 4) is 39.6 Å². The Morgan fingerprint density at radius 1 is 0.437 bits per heavy atom. The van der Waals surface area contributed by atoms with Crippen LogP contribution in [0.1, 0.15) is 83.2 Å². The summed E-state index contributed by atoms with van der Waals surface area (Å²) in [7, 11) is 0. The van der Waals surface area contributed by atoms with Crippen molar-refractivity contribution < 1.29 is 4.74 Å². The molecule has 1 aliphatic heterocycles. The maximum absolute atomic E-state index is 6.87. The van der Waals surface area contributed by atoms with E-state index in [1.54, 1.807) is 0 Å². The molecule has 352 valence electrons. The molecule has 5 heteroatoms. The first-order valence-corrected chi connectivity index (χ1v) is 25.0. The zero-order valence-electron chi connectivity index (χ0n) is 42.5. The molecule has 0 spiro atoms. The quantitative estimate of drug-likeness (QED) is 0.144. The van der Waals surface area contributed by atoms with Crippen LogP contribution in [0.15, 0.2) is 200 Å². The highest BCUT2D eigenvalue weighted by Gasteiger charge is 2.32. The number of rotatable bonds is 9. The van der Waals surface area contributed by atoms with Crippen LogP contribution in [0.25, 0.3) is 49.9 Å². The number of aromatic nitrogens is 2. The van der Waals surface area contributed by atoms with Crippen molar-refractivity contribution in [2.75, 3.05) is 16.5 Å². The van der Waals surface area contributed by atoms with Crippen LogP contribution < -0.4 is 14.5 Å². The van der Waals surface area contributed by atoms with Gasteiger partial charge in [0.05, 0.1) is 22.4 Å². The standard InChI is InChI=1S/C66H62N4O/c1-44-34-63(67-42-58(44)46-22-18-25-50(35-46)66(8,9)48-23-14-11-15-24-48)70-59-29-17-16-28-56(59)57-32-31-55(41-61(57)70)71-54-27-19-26-52(40-54)68-43-69(60-33-30-49(39-62(60)68)64(2,3)4)53-37-47(45-20-12-10-13-21-45)36-51(38-53)65(5,6)7/h10-42H,43H2,1-9H3.